The van der Waals surface area contributed by atoms with E-state index in [0.29, 0.717) is 23.0 Å². The fourth-order valence-electron chi connectivity index (χ4n) is 12.4. The van der Waals surface area contributed by atoms with Crippen LogP contribution in [0.25, 0.3) is 0 Å². The van der Waals surface area contributed by atoms with Crippen LogP contribution in [0.15, 0.2) is 36.0 Å². The van der Waals surface area contributed by atoms with E-state index in [4.69, 9.17) is 14.2 Å². The van der Waals surface area contributed by atoms with Gasteiger partial charge < -0.3 is 19.1 Å². The Balaban J connectivity index is 0.956. The van der Waals surface area contributed by atoms with E-state index in [1.54, 1.807) is 5.57 Å². The molecule has 0 aliphatic heterocycles. The lowest BCUT2D eigenvalue weighted by molar-refractivity contribution is -0.0589. The molecule has 0 amide bonds. The average Bonchev–Trinajstić information content (AvgIpc) is 3.57. The highest BCUT2D eigenvalue weighted by Crippen LogP contribution is 2.66. The van der Waals surface area contributed by atoms with Gasteiger partial charge in [-0.2, -0.15) is 0 Å². The quantitative estimate of drug-likeness (QED) is 0.0477. The Morgan fingerprint density at radius 3 is 1.97 bits per heavy atom. The zero-order valence-electron chi connectivity index (χ0n) is 41.1. The van der Waals surface area contributed by atoms with Crippen molar-refractivity contribution in [2.45, 2.75) is 233 Å². The first-order chi connectivity index (χ1) is 29.2. The Labute approximate surface area is 374 Å². The number of ether oxygens (including phenoxy) is 3. The molecule has 4 aliphatic carbocycles. The third-order valence-electron chi connectivity index (χ3n) is 16.5. The Morgan fingerprint density at radius 1 is 0.683 bits per heavy atom. The van der Waals surface area contributed by atoms with Crippen LogP contribution in [0.5, 0.6) is 0 Å². The molecule has 0 N–H and O–H groups in total. The van der Waals surface area contributed by atoms with Crippen LogP contribution in [0.1, 0.15) is 221 Å². The van der Waals surface area contributed by atoms with Crippen molar-refractivity contribution in [2.24, 2.45) is 40.4 Å². The van der Waals surface area contributed by atoms with Gasteiger partial charge in [-0.25, -0.2) is 0 Å². The first-order valence-corrected chi connectivity index (χ1v) is 26.6. The van der Waals surface area contributed by atoms with Gasteiger partial charge in [0.15, 0.2) is 0 Å². The predicted octanol–water partition coefficient (Wildman–Crippen LogP) is 15.9. The van der Waals surface area contributed by atoms with E-state index in [0.717, 1.165) is 75.5 Å². The van der Waals surface area contributed by atoms with Crippen molar-refractivity contribution in [1.82, 2.24) is 4.90 Å². The van der Waals surface area contributed by atoms with Gasteiger partial charge in [0.25, 0.3) is 0 Å². The second-order valence-corrected chi connectivity index (χ2v) is 21.6. The van der Waals surface area contributed by atoms with E-state index in [-0.39, 0.29) is 0 Å². The van der Waals surface area contributed by atoms with Crippen LogP contribution in [-0.4, -0.2) is 64.2 Å². The van der Waals surface area contributed by atoms with Crippen LogP contribution in [-0.2, 0) is 14.2 Å². The maximum atomic E-state index is 6.58. The number of unbranched alkanes of at least 4 members (excludes halogenated alkanes) is 14. The molecule has 60 heavy (non-hydrogen) atoms. The summed E-state index contributed by atoms with van der Waals surface area (Å²) < 4.78 is 18.8. The minimum Gasteiger partial charge on any atom is -0.380 e. The largest absolute Gasteiger partial charge is 0.380 e. The maximum absolute atomic E-state index is 6.58. The first kappa shape index (κ1) is 51.7. The molecule has 4 rings (SSSR count). The molecule has 3 fully saturated rings. The highest BCUT2D eigenvalue weighted by molar-refractivity contribution is 5.25. The van der Waals surface area contributed by atoms with Crippen molar-refractivity contribution in [1.29, 1.82) is 0 Å². The van der Waals surface area contributed by atoms with Gasteiger partial charge in [-0.3, -0.25) is 0 Å². The molecule has 3 saturated carbocycles. The van der Waals surface area contributed by atoms with Gasteiger partial charge in [0.1, 0.15) is 0 Å². The molecule has 8 atom stereocenters. The summed E-state index contributed by atoms with van der Waals surface area (Å²) in [6, 6.07) is 0.336. The zero-order valence-corrected chi connectivity index (χ0v) is 41.1. The lowest BCUT2D eigenvalue weighted by Gasteiger charge is -2.58. The van der Waals surface area contributed by atoms with E-state index in [2.05, 4.69) is 84.0 Å². The summed E-state index contributed by atoms with van der Waals surface area (Å²) in [6.07, 6.45) is 51.1. The molecule has 0 saturated heterocycles. The van der Waals surface area contributed by atoms with Gasteiger partial charge in [0.05, 0.1) is 25.4 Å². The molecule has 0 spiro atoms. The van der Waals surface area contributed by atoms with Crippen LogP contribution < -0.4 is 0 Å². The summed E-state index contributed by atoms with van der Waals surface area (Å²) in [5.74, 6) is 4.66. The highest BCUT2D eigenvalue weighted by atomic mass is 16.5. The molecule has 4 nitrogen and oxygen atoms in total. The van der Waals surface area contributed by atoms with Crippen molar-refractivity contribution in [3.63, 3.8) is 0 Å². The first-order valence-electron chi connectivity index (χ1n) is 26.6. The second-order valence-electron chi connectivity index (χ2n) is 21.6. The molecular weight excluding hydrogens is 735 g/mol. The van der Waals surface area contributed by atoms with Gasteiger partial charge in [0, 0.05) is 19.8 Å². The van der Waals surface area contributed by atoms with E-state index >= 15 is 0 Å². The van der Waals surface area contributed by atoms with Crippen molar-refractivity contribution < 1.29 is 14.2 Å². The number of hydrogen-bond donors (Lipinski definition) is 0. The third kappa shape index (κ3) is 17.6. The standard InChI is InChI=1S/C56H101NO3/c1-8-9-10-11-12-13-14-15-16-17-18-19-20-21-23-28-41-58-45-50(57(6)7)46-59-42-29-24-22-25-30-43-60-51-37-39-56(5)49(44-51)33-35-52-53-36-34-48(32-27-26-31-47(2)3)55(53,4)40-38-54(52)56/h12-13,15-16,33,47-48,50-54H,8-11,14,17-32,34-46H2,1-7H3/b13-12-,16-15-. The summed E-state index contributed by atoms with van der Waals surface area (Å²) in [7, 11) is 4.30. The Hall–Kier alpha value is -0.940. The lowest BCUT2D eigenvalue weighted by atomic mass is 9.47. The van der Waals surface area contributed by atoms with Gasteiger partial charge in [-0.05, 0) is 164 Å². The van der Waals surface area contributed by atoms with Crippen LogP contribution in [0, 0.1) is 40.4 Å². The van der Waals surface area contributed by atoms with E-state index in [1.165, 1.54) is 173 Å². The number of nitrogens with zero attached hydrogens (tertiary/aromatic N) is 1. The van der Waals surface area contributed by atoms with Crippen LogP contribution in [0.3, 0.4) is 0 Å². The predicted molar refractivity (Wildman–Crippen MR) is 260 cm³/mol. The minimum absolute atomic E-state index is 0.336. The van der Waals surface area contributed by atoms with Gasteiger partial charge in [-0.1, -0.05) is 148 Å². The van der Waals surface area contributed by atoms with Crippen molar-refractivity contribution in [3.05, 3.63) is 36.0 Å². The van der Waals surface area contributed by atoms with Crippen molar-refractivity contribution in [3.8, 4) is 0 Å². The van der Waals surface area contributed by atoms with Crippen LogP contribution >= 0.6 is 0 Å². The minimum atomic E-state index is 0.336. The van der Waals surface area contributed by atoms with E-state index in [1.807, 2.05) is 0 Å². The maximum Gasteiger partial charge on any atom is 0.0644 e. The molecule has 0 radical (unpaired) electrons. The molecular formula is C56H101NO3. The monoisotopic (exact) mass is 836 g/mol. The topological polar surface area (TPSA) is 30.9 Å². The second kappa shape index (κ2) is 29.5. The number of likely N-dealkylation sites (N-methyl/N-ethyl adjacent to an activating group) is 1. The number of allylic oxidation sites excluding steroid dienone is 5. The molecule has 0 aromatic heterocycles. The van der Waals surface area contributed by atoms with Crippen LogP contribution in [0.4, 0.5) is 0 Å². The van der Waals surface area contributed by atoms with Gasteiger partial charge in [-0.15, -0.1) is 0 Å². The molecule has 0 heterocycles. The number of hydrogen-bond acceptors (Lipinski definition) is 4. The number of fused-ring (bicyclic) bond motifs is 5. The molecule has 0 aromatic carbocycles. The van der Waals surface area contributed by atoms with Gasteiger partial charge in [0.2, 0.25) is 0 Å². The summed E-state index contributed by atoms with van der Waals surface area (Å²) in [4.78, 5) is 2.26. The fourth-order valence-corrected chi connectivity index (χ4v) is 12.4. The molecule has 0 aromatic rings. The average molecular weight is 836 g/mol. The van der Waals surface area contributed by atoms with Gasteiger partial charge >= 0.3 is 0 Å². The Bertz CT molecular complexity index is 1190. The summed E-state index contributed by atoms with van der Waals surface area (Å²) in [5.41, 5.74) is 2.83. The summed E-state index contributed by atoms with van der Waals surface area (Å²) in [6.45, 7) is 16.7. The SMILES string of the molecule is CCCCC/C=C\C/C=C\CCCCCCCCOCC(COCCCCCCCOC1CCC2(C)C(=CCC3C2CCC2(C)C(CCCCC(C)C)CCC32)C1)N(C)C. The highest BCUT2D eigenvalue weighted by Gasteiger charge is 2.58. The smallest absolute Gasteiger partial charge is 0.0644 e. The van der Waals surface area contributed by atoms with Crippen LogP contribution in [0.2, 0.25) is 0 Å². The molecule has 0 bridgehead atoms. The Kier molecular flexibility index (Phi) is 25.4. The summed E-state index contributed by atoms with van der Waals surface area (Å²) in [5, 5.41) is 0. The molecule has 348 valence electrons. The molecule has 8 unspecified atom stereocenters. The van der Waals surface area contributed by atoms with Crippen molar-refractivity contribution in [2.75, 3.05) is 47.1 Å². The Morgan fingerprint density at radius 2 is 1.32 bits per heavy atom. The lowest BCUT2D eigenvalue weighted by Crippen LogP contribution is -2.50. The van der Waals surface area contributed by atoms with E-state index < -0.39 is 0 Å². The molecule has 4 heteroatoms. The summed E-state index contributed by atoms with van der Waals surface area (Å²) >= 11 is 0. The third-order valence-corrected chi connectivity index (χ3v) is 16.5. The normalized spacial score (nSPS) is 28.5. The number of rotatable bonds is 34. The zero-order chi connectivity index (χ0) is 42.9. The molecule has 4 aliphatic rings. The van der Waals surface area contributed by atoms with E-state index in [9.17, 15) is 0 Å². The van der Waals surface area contributed by atoms with Crippen molar-refractivity contribution >= 4 is 0 Å². The fraction of sp³-hybridized carbons (Fsp3) is 0.893.